The van der Waals surface area contributed by atoms with Crippen LogP contribution in [0.4, 0.5) is 0 Å². The van der Waals surface area contributed by atoms with Crippen molar-refractivity contribution in [3.05, 3.63) is 29.8 Å². The van der Waals surface area contributed by atoms with Gasteiger partial charge in [-0.1, -0.05) is 12.1 Å². The molecule has 0 amide bonds. The quantitative estimate of drug-likeness (QED) is 0.710. The van der Waals surface area contributed by atoms with Gasteiger partial charge in [-0.2, -0.15) is 0 Å². The maximum Gasteiger partial charge on any atom is 0.238 e. The van der Waals surface area contributed by atoms with E-state index in [2.05, 4.69) is 5.32 Å². The van der Waals surface area contributed by atoms with E-state index in [-0.39, 0.29) is 17.2 Å². The van der Waals surface area contributed by atoms with Crippen molar-refractivity contribution in [2.24, 2.45) is 5.14 Å². The molecular weight excluding hydrogens is 268 g/mol. The van der Waals surface area contributed by atoms with Crippen molar-refractivity contribution in [2.75, 3.05) is 14.2 Å². The van der Waals surface area contributed by atoms with Crippen LogP contribution in [-0.4, -0.2) is 35.0 Å². The lowest BCUT2D eigenvalue weighted by Gasteiger charge is -2.22. The Bertz CT molecular complexity index is 500. The molecule has 19 heavy (non-hydrogen) atoms. The van der Waals surface area contributed by atoms with Crippen LogP contribution in [0.25, 0.3) is 0 Å². The van der Waals surface area contributed by atoms with Crippen LogP contribution >= 0.6 is 0 Å². The largest absolute Gasteiger partial charge is 0.354 e. The first-order chi connectivity index (χ1) is 8.88. The molecule has 3 N–H and O–H groups in total. The molecule has 7 heteroatoms. The van der Waals surface area contributed by atoms with Crippen LogP contribution < -0.4 is 10.5 Å². The molecule has 0 fully saturated rings. The molecule has 0 aliphatic heterocycles. The summed E-state index contributed by atoms with van der Waals surface area (Å²) in [6.07, 6.45) is -0.360. The van der Waals surface area contributed by atoms with E-state index in [1.807, 2.05) is 13.0 Å². The monoisotopic (exact) mass is 288 g/mol. The molecule has 0 saturated heterocycles. The van der Waals surface area contributed by atoms with Gasteiger partial charge in [-0.3, -0.25) is 0 Å². The number of primary sulfonamides is 1. The molecule has 0 bridgehead atoms. The normalized spacial score (nSPS) is 13.7. The Hall–Kier alpha value is -0.990. The summed E-state index contributed by atoms with van der Waals surface area (Å²) in [7, 11) is -0.540. The predicted molar refractivity (Wildman–Crippen MR) is 71.9 cm³/mol. The number of rotatable bonds is 7. The summed E-state index contributed by atoms with van der Waals surface area (Å²) in [6, 6.07) is 6.46. The molecule has 0 radical (unpaired) electrons. The van der Waals surface area contributed by atoms with Crippen LogP contribution in [0, 0.1) is 0 Å². The number of methoxy groups -OCH3 is 2. The van der Waals surface area contributed by atoms with Gasteiger partial charge in [0.15, 0.2) is 6.29 Å². The van der Waals surface area contributed by atoms with E-state index in [1.54, 1.807) is 26.4 Å². The molecule has 1 atom stereocenters. The van der Waals surface area contributed by atoms with E-state index in [0.717, 1.165) is 5.56 Å². The standard InChI is InChI=1S/C12H20N2O4S/c1-9(12(17-2)18-3)14-8-10-5-4-6-11(7-10)19(13,15)16/h4-7,9,12,14H,8H2,1-3H3,(H2,13,15,16). The van der Waals surface area contributed by atoms with Gasteiger partial charge in [0, 0.05) is 20.8 Å². The maximum absolute atomic E-state index is 11.2. The first-order valence-electron chi connectivity index (χ1n) is 5.79. The van der Waals surface area contributed by atoms with E-state index in [1.165, 1.54) is 6.07 Å². The number of benzene rings is 1. The Morgan fingerprint density at radius 1 is 1.32 bits per heavy atom. The topological polar surface area (TPSA) is 90.7 Å². The third-order valence-electron chi connectivity index (χ3n) is 2.73. The summed E-state index contributed by atoms with van der Waals surface area (Å²) in [6.45, 7) is 2.41. The van der Waals surface area contributed by atoms with Crippen molar-refractivity contribution in [1.29, 1.82) is 0 Å². The molecule has 0 aromatic heterocycles. The minimum Gasteiger partial charge on any atom is -0.354 e. The second-order valence-electron chi connectivity index (χ2n) is 4.20. The van der Waals surface area contributed by atoms with Crippen LogP contribution in [0.15, 0.2) is 29.2 Å². The minimum atomic E-state index is -3.67. The SMILES string of the molecule is COC(OC)C(C)NCc1cccc(S(N)(=O)=O)c1. The highest BCUT2D eigenvalue weighted by Gasteiger charge is 2.15. The lowest BCUT2D eigenvalue weighted by Crippen LogP contribution is -2.39. The van der Waals surface area contributed by atoms with Gasteiger partial charge in [0.2, 0.25) is 10.0 Å². The van der Waals surface area contributed by atoms with Gasteiger partial charge in [-0.15, -0.1) is 0 Å². The fraction of sp³-hybridized carbons (Fsp3) is 0.500. The second kappa shape index (κ2) is 6.97. The Morgan fingerprint density at radius 3 is 2.47 bits per heavy atom. The molecule has 1 aromatic rings. The van der Waals surface area contributed by atoms with Crippen molar-refractivity contribution in [1.82, 2.24) is 5.32 Å². The third kappa shape index (κ3) is 4.88. The Labute approximate surface area is 113 Å². The summed E-state index contributed by atoms with van der Waals surface area (Å²) in [5, 5.41) is 8.28. The summed E-state index contributed by atoms with van der Waals surface area (Å²) in [4.78, 5) is 0.106. The molecule has 108 valence electrons. The maximum atomic E-state index is 11.2. The van der Waals surface area contributed by atoms with E-state index in [4.69, 9.17) is 14.6 Å². The summed E-state index contributed by atoms with van der Waals surface area (Å²) in [5.74, 6) is 0. The highest BCUT2D eigenvalue weighted by Crippen LogP contribution is 2.10. The summed E-state index contributed by atoms with van der Waals surface area (Å²) in [5.41, 5.74) is 0.823. The third-order valence-corrected chi connectivity index (χ3v) is 3.64. The Balaban J connectivity index is 2.69. The number of nitrogens with two attached hydrogens (primary N) is 1. The van der Waals surface area contributed by atoms with Gasteiger partial charge in [0.25, 0.3) is 0 Å². The number of sulfonamides is 1. The van der Waals surface area contributed by atoms with Crippen molar-refractivity contribution >= 4 is 10.0 Å². The van der Waals surface area contributed by atoms with Crippen LogP contribution in [0.2, 0.25) is 0 Å². The fourth-order valence-corrected chi connectivity index (χ4v) is 2.30. The molecule has 0 aliphatic rings. The lowest BCUT2D eigenvalue weighted by molar-refractivity contribution is -0.119. The smallest absolute Gasteiger partial charge is 0.238 e. The number of hydrogen-bond donors (Lipinski definition) is 2. The molecule has 0 aliphatic carbocycles. The van der Waals surface area contributed by atoms with Gasteiger partial charge in [-0.25, -0.2) is 13.6 Å². The highest BCUT2D eigenvalue weighted by atomic mass is 32.2. The zero-order chi connectivity index (χ0) is 14.5. The zero-order valence-corrected chi connectivity index (χ0v) is 12.1. The summed E-state index contributed by atoms with van der Waals surface area (Å²) < 4.78 is 32.7. The van der Waals surface area contributed by atoms with Crippen molar-refractivity contribution in [2.45, 2.75) is 30.7 Å². The van der Waals surface area contributed by atoms with Gasteiger partial charge in [-0.05, 0) is 24.6 Å². The van der Waals surface area contributed by atoms with Gasteiger partial charge < -0.3 is 14.8 Å². The molecule has 1 aromatic carbocycles. The van der Waals surface area contributed by atoms with Crippen LogP contribution in [0.1, 0.15) is 12.5 Å². The van der Waals surface area contributed by atoms with Crippen molar-refractivity contribution < 1.29 is 17.9 Å². The first-order valence-corrected chi connectivity index (χ1v) is 7.34. The summed E-state index contributed by atoms with van der Waals surface area (Å²) >= 11 is 0. The van der Waals surface area contributed by atoms with E-state index < -0.39 is 10.0 Å². The predicted octanol–water partition coefficient (Wildman–Crippen LogP) is 0.431. The molecular formula is C12H20N2O4S. The molecule has 1 rings (SSSR count). The molecule has 0 spiro atoms. The van der Waals surface area contributed by atoms with Gasteiger partial charge >= 0.3 is 0 Å². The first kappa shape index (κ1) is 16.1. The molecule has 6 nitrogen and oxygen atoms in total. The highest BCUT2D eigenvalue weighted by molar-refractivity contribution is 7.89. The van der Waals surface area contributed by atoms with Crippen molar-refractivity contribution in [3.8, 4) is 0 Å². The Kier molecular flexibility index (Phi) is 5.89. The van der Waals surface area contributed by atoms with Crippen LogP contribution in [0.3, 0.4) is 0 Å². The van der Waals surface area contributed by atoms with E-state index in [0.29, 0.717) is 6.54 Å². The Morgan fingerprint density at radius 2 is 1.95 bits per heavy atom. The minimum absolute atomic E-state index is 0.0341. The number of ether oxygens (including phenoxy) is 2. The average Bonchev–Trinajstić information content (AvgIpc) is 2.37. The number of hydrogen-bond acceptors (Lipinski definition) is 5. The number of nitrogens with one attached hydrogen (secondary N) is 1. The fourth-order valence-electron chi connectivity index (χ4n) is 1.71. The van der Waals surface area contributed by atoms with Crippen molar-refractivity contribution in [3.63, 3.8) is 0 Å². The lowest BCUT2D eigenvalue weighted by atomic mass is 10.2. The van der Waals surface area contributed by atoms with Crippen LogP contribution in [0.5, 0.6) is 0 Å². The second-order valence-corrected chi connectivity index (χ2v) is 5.76. The van der Waals surface area contributed by atoms with Gasteiger partial charge in [0.05, 0.1) is 10.9 Å². The molecule has 1 unspecified atom stereocenters. The van der Waals surface area contributed by atoms with Crippen LogP contribution in [-0.2, 0) is 26.0 Å². The zero-order valence-electron chi connectivity index (χ0n) is 11.3. The van der Waals surface area contributed by atoms with Gasteiger partial charge in [0.1, 0.15) is 0 Å². The van der Waals surface area contributed by atoms with E-state index >= 15 is 0 Å². The van der Waals surface area contributed by atoms with E-state index in [9.17, 15) is 8.42 Å². The molecule has 0 heterocycles. The average molecular weight is 288 g/mol. The molecule has 0 saturated carbocycles.